The van der Waals surface area contributed by atoms with E-state index in [9.17, 15) is 0 Å². The van der Waals surface area contributed by atoms with E-state index < -0.39 is 0 Å². The number of benzene rings is 10. The molecule has 3 aromatic heterocycles. The molecule has 0 atom stereocenters. The lowest BCUT2D eigenvalue weighted by Gasteiger charge is -2.17. The molecule has 0 saturated carbocycles. The summed E-state index contributed by atoms with van der Waals surface area (Å²) in [4.78, 5) is 16.2. The fourth-order valence-electron chi connectivity index (χ4n) is 10.5. The predicted molar refractivity (Wildman–Crippen MR) is 287 cm³/mol. The third-order valence-corrected chi connectivity index (χ3v) is 13.7. The van der Waals surface area contributed by atoms with E-state index >= 15 is 0 Å². The number of aromatic nitrogens is 4. The number of furan rings is 1. The van der Waals surface area contributed by atoms with Gasteiger partial charge in [-0.05, 0) is 98.9 Å². The van der Waals surface area contributed by atoms with Crippen LogP contribution in [0.4, 0.5) is 0 Å². The minimum atomic E-state index is 0.553. The number of rotatable bonds is 7. The molecule has 0 aliphatic rings. The van der Waals surface area contributed by atoms with Crippen LogP contribution in [0.15, 0.2) is 235 Å². The Labute approximate surface area is 403 Å². The summed E-state index contributed by atoms with van der Waals surface area (Å²) in [5.74, 6) is 1.69. The van der Waals surface area contributed by atoms with Gasteiger partial charge in [-0.3, -0.25) is 0 Å². The zero-order valence-electron chi connectivity index (χ0n) is 37.6. The summed E-state index contributed by atoms with van der Waals surface area (Å²) in [6.07, 6.45) is 0. The Morgan fingerprint density at radius 3 is 1.80 bits per heavy atom. The first kappa shape index (κ1) is 39.5. The molecule has 0 unspecified atom stereocenters. The van der Waals surface area contributed by atoms with Crippen molar-refractivity contribution in [2.45, 2.75) is 0 Å². The molecule has 11 aromatic carbocycles. The quantitative estimate of drug-likeness (QED) is 0.160. The normalized spacial score (nSPS) is 11.6. The van der Waals surface area contributed by atoms with Gasteiger partial charge in [0.05, 0.1) is 16.7 Å². The van der Waals surface area contributed by atoms with E-state index in [-0.39, 0.29) is 0 Å². The zero-order chi connectivity index (χ0) is 46.1. The van der Waals surface area contributed by atoms with Crippen LogP contribution in [0.5, 0.6) is 0 Å². The van der Waals surface area contributed by atoms with Crippen molar-refractivity contribution in [1.82, 2.24) is 19.5 Å². The summed E-state index contributed by atoms with van der Waals surface area (Å²) in [7, 11) is 0. The van der Waals surface area contributed by atoms with Gasteiger partial charge < -0.3 is 8.98 Å². The molecule has 0 bridgehead atoms. The average molecular weight is 891 g/mol. The minimum absolute atomic E-state index is 0.553. The van der Waals surface area contributed by atoms with E-state index in [1.54, 1.807) is 0 Å². The SMILES string of the molecule is c1cccc(-c2ccccc2-c2nc(-c3ccc(-n4c5cc6ccccc6cc5c5c6ccccc6ccc54)c(-c4cccc5oc6ccccc6c45)c3)nc(-c3ccccc3-c3ccccc3)n2)c#1. The van der Waals surface area contributed by atoms with Crippen LogP contribution in [0, 0.1) is 12.1 Å². The molecule has 14 rings (SSSR count). The van der Waals surface area contributed by atoms with E-state index in [1.165, 1.54) is 32.3 Å². The Morgan fingerprint density at radius 1 is 0.357 bits per heavy atom. The van der Waals surface area contributed by atoms with Crippen molar-refractivity contribution in [3.8, 4) is 73.2 Å². The molecule has 0 aliphatic carbocycles. The van der Waals surface area contributed by atoms with Gasteiger partial charge in [-0.15, -0.1) is 0 Å². The average Bonchev–Trinajstić information content (AvgIpc) is 3.98. The van der Waals surface area contributed by atoms with Crippen LogP contribution in [0.1, 0.15) is 0 Å². The molecule has 0 spiro atoms. The number of para-hydroxylation sites is 1. The fraction of sp³-hybridized carbons (Fsp3) is 0. The van der Waals surface area contributed by atoms with Crippen LogP contribution < -0.4 is 0 Å². The molecular formula is C65H38N4O. The molecule has 324 valence electrons. The van der Waals surface area contributed by atoms with Crippen molar-refractivity contribution >= 4 is 65.3 Å². The van der Waals surface area contributed by atoms with E-state index in [4.69, 9.17) is 19.4 Å². The van der Waals surface area contributed by atoms with Crippen molar-refractivity contribution in [3.05, 3.63) is 243 Å². The number of hydrogen-bond acceptors (Lipinski definition) is 4. The zero-order valence-corrected chi connectivity index (χ0v) is 37.6. The summed E-state index contributed by atoms with van der Waals surface area (Å²) in [5.41, 5.74) is 13.6. The molecule has 5 heteroatoms. The maximum atomic E-state index is 6.58. The summed E-state index contributed by atoms with van der Waals surface area (Å²) in [6.45, 7) is 0. The second kappa shape index (κ2) is 16.0. The molecule has 5 nitrogen and oxygen atoms in total. The highest BCUT2D eigenvalue weighted by Crippen LogP contribution is 2.45. The molecule has 0 amide bonds. The lowest BCUT2D eigenvalue weighted by atomic mass is 9.95. The monoisotopic (exact) mass is 890 g/mol. The Kier molecular flexibility index (Phi) is 9.05. The number of hydrogen-bond donors (Lipinski definition) is 0. The maximum absolute atomic E-state index is 6.58. The molecule has 3 heterocycles. The van der Waals surface area contributed by atoms with Gasteiger partial charge in [-0.25, -0.2) is 15.0 Å². The smallest absolute Gasteiger partial charge is 0.164 e. The first-order valence-electron chi connectivity index (χ1n) is 23.5. The van der Waals surface area contributed by atoms with Crippen LogP contribution in [0.3, 0.4) is 0 Å². The summed E-state index contributed by atoms with van der Waals surface area (Å²) in [6, 6.07) is 87.4. The highest BCUT2D eigenvalue weighted by atomic mass is 16.3. The maximum Gasteiger partial charge on any atom is 0.164 e. The first-order chi connectivity index (χ1) is 34.7. The molecule has 0 aliphatic heterocycles. The number of fused-ring (bicyclic) bond motifs is 9. The molecule has 0 saturated heterocycles. The van der Waals surface area contributed by atoms with Crippen LogP contribution in [-0.2, 0) is 0 Å². The van der Waals surface area contributed by atoms with Gasteiger partial charge >= 0.3 is 0 Å². The Morgan fingerprint density at radius 2 is 1.00 bits per heavy atom. The standard InChI is InChI=1S/C65H38N4O/c1-3-18-41(19-4-1)47-25-11-13-28-51(47)64-66-63(67-65(68-64)52-29-14-12-26-48(52)42-20-5-2-6-21-42)46-35-36-56(54(39-46)50-31-17-33-60-62(50)53-30-15-16-32-59(53)70-60)69-57-37-34-43-22-9-10-27-49(43)61(57)55-38-44-23-7-8-24-45(44)40-58(55)69/h1-5,7-20,22-40H. The van der Waals surface area contributed by atoms with Crippen LogP contribution in [0.25, 0.3) is 139 Å². The van der Waals surface area contributed by atoms with Gasteiger partial charge in [0, 0.05) is 54.9 Å². The highest BCUT2D eigenvalue weighted by Gasteiger charge is 2.24. The largest absolute Gasteiger partial charge is 0.456 e. The Hall–Kier alpha value is -9.63. The van der Waals surface area contributed by atoms with Crippen molar-refractivity contribution in [3.63, 3.8) is 0 Å². The fourth-order valence-corrected chi connectivity index (χ4v) is 10.5. The van der Waals surface area contributed by atoms with E-state index in [2.05, 4.69) is 205 Å². The third kappa shape index (κ3) is 6.39. The Balaban J connectivity index is 1.08. The van der Waals surface area contributed by atoms with Crippen molar-refractivity contribution in [2.75, 3.05) is 0 Å². The van der Waals surface area contributed by atoms with Gasteiger partial charge in [0.25, 0.3) is 0 Å². The lowest BCUT2D eigenvalue weighted by Crippen LogP contribution is -2.03. The second-order valence-electron chi connectivity index (χ2n) is 17.7. The number of nitrogens with zero attached hydrogens (tertiary/aromatic N) is 4. The van der Waals surface area contributed by atoms with Crippen LogP contribution >= 0.6 is 0 Å². The van der Waals surface area contributed by atoms with E-state index in [1.807, 2.05) is 42.5 Å². The minimum Gasteiger partial charge on any atom is -0.456 e. The van der Waals surface area contributed by atoms with Crippen LogP contribution in [0.2, 0.25) is 0 Å². The molecule has 14 aromatic rings. The summed E-state index contributed by atoms with van der Waals surface area (Å²) < 4.78 is 9.03. The summed E-state index contributed by atoms with van der Waals surface area (Å²) in [5, 5.41) is 9.31. The first-order valence-corrected chi connectivity index (χ1v) is 23.5. The highest BCUT2D eigenvalue weighted by molar-refractivity contribution is 6.24. The Bertz CT molecular complexity index is 4260. The van der Waals surface area contributed by atoms with Gasteiger partial charge in [-0.2, -0.15) is 0 Å². The van der Waals surface area contributed by atoms with Crippen molar-refractivity contribution in [2.24, 2.45) is 0 Å². The van der Waals surface area contributed by atoms with Gasteiger partial charge in [0.1, 0.15) is 11.2 Å². The molecule has 0 fully saturated rings. The molecule has 0 radical (unpaired) electrons. The predicted octanol–water partition coefficient (Wildman–Crippen LogP) is 16.8. The molecular weight excluding hydrogens is 853 g/mol. The van der Waals surface area contributed by atoms with Gasteiger partial charge in [0.2, 0.25) is 0 Å². The van der Waals surface area contributed by atoms with Crippen LogP contribution in [-0.4, -0.2) is 19.5 Å². The van der Waals surface area contributed by atoms with Crippen molar-refractivity contribution < 1.29 is 4.42 Å². The second-order valence-corrected chi connectivity index (χ2v) is 17.7. The molecule has 70 heavy (non-hydrogen) atoms. The van der Waals surface area contributed by atoms with Gasteiger partial charge in [-0.1, -0.05) is 182 Å². The lowest BCUT2D eigenvalue weighted by molar-refractivity contribution is 0.669. The third-order valence-electron chi connectivity index (χ3n) is 13.7. The van der Waals surface area contributed by atoms with E-state index in [0.29, 0.717) is 17.5 Å². The van der Waals surface area contributed by atoms with Gasteiger partial charge in [0.15, 0.2) is 17.5 Å². The molecule has 0 N–H and O–H groups in total. The topological polar surface area (TPSA) is 56.7 Å². The van der Waals surface area contributed by atoms with E-state index in [0.717, 1.165) is 88.7 Å². The summed E-state index contributed by atoms with van der Waals surface area (Å²) >= 11 is 0. The van der Waals surface area contributed by atoms with Crippen molar-refractivity contribution in [1.29, 1.82) is 0 Å².